The molecule has 0 saturated carbocycles. The summed E-state index contributed by atoms with van der Waals surface area (Å²) in [5.74, 6) is -0.585. The molecule has 0 radical (unpaired) electrons. The van der Waals surface area contributed by atoms with E-state index in [1.54, 1.807) is 0 Å². The van der Waals surface area contributed by atoms with Crippen LogP contribution in [0.4, 0.5) is 0 Å². The second kappa shape index (κ2) is 17.2. The Morgan fingerprint density at radius 2 is 1.22 bits per heavy atom. The Balaban J connectivity index is 3.50. The molecule has 0 spiro atoms. The van der Waals surface area contributed by atoms with Crippen LogP contribution in [0, 0.1) is 0 Å². The van der Waals surface area contributed by atoms with Crippen molar-refractivity contribution >= 4 is 16.0 Å². The summed E-state index contributed by atoms with van der Waals surface area (Å²) in [7, 11) is -4.27. The third-order valence-electron chi connectivity index (χ3n) is 4.92. The third kappa shape index (κ3) is 17.0. The molecule has 0 aliphatic carbocycles. The molecule has 0 rings (SSSR count). The van der Waals surface area contributed by atoms with Crippen LogP contribution in [-0.4, -0.2) is 24.3 Å². The zero-order chi connectivity index (χ0) is 20.4. The Morgan fingerprint density at radius 3 is 1.56 bits per heavy atom. The molecule has 0 aliphatic rings. The highest BCUT2D eigenvalue weighted by Gasteiger charge is 2.23. The van der Waals surface area contributed by atoms with Crippen molar-refractivity contribution < 1.29 is 17.8 Å². The molecule has 27 heavy (non-hydrogen) atoms. The van der Waals surface area contributed by atoms with Gasteiger partial charge in [-0.2, -0.15) is 8.42 Å². The molecule has 1 atom stereocenters. The van der Waals surface area contributed by atoms with Gasteiger partial charge in [-0.25, -0.2) is 0 Å². The van der Waals surface area contributed by atoms with Crippen molar-refractivity contribution in [3.05, 3.63) is 12.7 Å². The zero-order valence-corrected chi connectivity index (χ0v) is 18.1. The Labute approximate surface area is 167 Å². The highest BCUT2D eigenvalue weighted by Crippen LogP contribution is 2.14. The highest BCUT2D eigenvalue weighted by molar-refractivity contribution is 7.86. The van der Waals surface area contributed by atoms with E-state index in [0.29, 0.717) is 6.42 Å². The number of unbranched alkanes of at least 4 members (excludes halogenated alkanes) is 14. The van der Waals surface area contributed by atoms with Crippen LogP contribution in [0.5, 0.6) is 0 Å². The van der Waals surface area contributed by atoms with Crippen LogP contribution in [0.15, 0.2) is 12.7 Å². The Bertz CT molecular complexity index is 477. The number of hydrogen-bond acceptors (Lipinski definition) is 3. The van der Waals surface area contributed by atoms with Gasteiger partial charge < -0.3 is 5.32 Å². The number of hydrogen-bond donors (Lipinski definition) is 2. The van der Waals surface area contributed by atoms with Gasteiger partial charge in [-0.1, -0.05) is 110 Å². The number of rotatable bonds is 19. The molecule has 5 nitrogen and oxygen atoms in total. The molecule has 0 aromatic heterocycles. The smallest absolute Gasteiger partial charge is 0.286 e. The first-order valence-electron chi connectivity index (χ1n) is 10.8. The fourth-order valence-corrected chi connectivity index (χ4v) is 3.94. The predicted molar refractivity (Wildman–Crippen MR) is 113 cm³/mol. The van der Waals surface area contributed by atoms with E-state index in [4.69, 9.17) is 4.55 Å². The van der Waals surface area contributed by atoms with Crippen LogP contribution in [0.2, 0.25) is 0 Å². The average molecular weight is 404 g/mol. The van der Waals surface area contributed by atoms with Gasteiger partial charge in [0, 0.05) is 0 Å². The van der Waals surface area contributed by atoms with E-state index in [-0.39, 0.29) is 6.42 Å². The van der Waals surface area contributed by atoms with E-state index in [1.165, 1.54) is 70.6 Å². The Hall–Kier alpha value is -0.880. The molecule has 0 bridgehead atoms. The molecule has 2 N–H and O–H groups in total. The highest BCUT2D eigenvalue weighted by atomic mass is 32.2. The maximum absolute atomic E-state index is 11.3. The van der Waals surface area contributed by atoms with Gasteiger partial charge in [0.1, 0.15) is 0 Å². The summed E-state index contributed by atoms with van der Waals surface area (Å²) < 4.78 is 31.7. The molecule has 1 amide bonds. The van der Waals surface area contributed by atoms with Crippen molar-refractivity contribution in [2.24, 2.45) is 0 Å². The first kappa shape index (κ1) is 26.1. The van der Waals surface area contributed by atoms with Crippen LogP contribution < -0.4 is 5.32 Å². The van der Waals surface area contributed by atoms with Crippen LogP contribution in [0.1, 0.15) is 110 Å². The van der Waals surface area contributed by atoms with Crippen molar-refractivity contribution in [1.82, 2.24) is 5.32 Å². The van der Waals surface area contributed by atoms with Crippen LogP contribution in [-0.2, 0) is 14.9 Å². The predicted octanol–water partition coefficient (Wildman–Crippen LogP) is 5.76. The first-order chi connectivity index (χ1) is 12.9. The van der Waals surface area contributed by atoms with E-state index in [2.05, 4.69) is 18.8 Å². The fourth-order valence-electron chi connectivity index (χ4n) is 3.21. The molecule has 0 aliphatic heterocycles. The molecular formula is C21H41NO4S. The number of carbonyl (C=O) groups excluding carboxylic acids is 1. The van der Waals surface area contributed by atoms with E-state index in [0.717, 1.165) is 25.3 Å². The van der Waals surface area contributed by atoms with Gasteiger partial charge in [0.2, 0.25) is 5.91 Å². The standard InChI is InChI=1S/C21H41NO4S/c1-3-5-6-7-8-9-10-11-12-13-14-15-16-17-18-19-21(27(24,25)26)22-20(23)4-2/h4,21H,2-3,5-19H2,1H3,(H,22,23)(H,24,25,26). The minimum atomic E-state index is -4.27. The maximum atomic E-state index is 11.3. The number of carbonyl (C=O) groups is 1. The molecule has 0 aromatic rings. The van der Waals surface area contributed by atoms with Crippen LogP contribution >= 0.6 is 0 Å². The monoisotopic (exact) mass is 403 g/mol. The van der Waals surface area contributed by atoms with Gasteiger partial charge in [0.05, 0.1) is 0 Å². The third-order valence-corrected chi connectivity index (χ3v) is 5.99. The molecule has 160 valence electrons. The molecular weight excluding hydrogens is 362 g/mol. The minimum absolute atomic E-state index is 0.233. The summed E-state index contributed by atoms with van der Waals surface area (Å²) in [6, 6.07) is 0. The van der Waals surface area contributed by atoms with Crippen molar-refractivity contribution in [2.75, 3.05) is 0 Å². The van der Waals surface area contributed by atoms with Gasteiger partial charge in [0.15, 0.2) is 5.37 Å². The SMILES string of the molecule is C=CC(=O)NC(CCCCCCCCCCCCCCCCC)S(=O)(=O)O. The number of amides is 1. The van der Waals surface area contributed by atoms with Gasteiger partial charge in [-0.05, 0) is 12.5 Å². The van der Waals surface area contributed by atoms with E-state index in [9.17, 15) is 13.2 Å². The zero-order valence-electron chi connectivity index (χ0n) is 17.3. The fraction of sp³-hybridized carbons (Fsp3) is 0.857. The second-order valence-electron chi connectivity index (χ2n) is 7.45. The lowest BCUT2D eigenvalue weighted by atomic mass is 10.0. The Morgan fingerprint density at radius 1 is 0.852 bits per heavy atom. The maximum Gasteiger partial charge on any atom is 0.286 e. The summed E-state index contributed by atoms with van der Waals surface area (Å²) in [4.78, 5) is 11.2. The lowest BCUT2D eigenvalue weighted by molar-refractivity contribution is -0.116. The lowest BCUT2D eigenvalue weighted by Gasteiger charge is -2.14. The largest absolute Gasteiger partial charge is 0.334 e. The van der Waals surface area contributed by atoms with Crippen LogP contribution in [0.3, 0.4) is 0 Å². The first-order valence-corrected chi connectivity index (χ1v) is 12.3. The average Bonchev–Trinajstić information content (AvgIpc) is 2.62. The molecule has 1 unspecified atom stereocenters. The summed E-state index contributed by atoms with van der Waals surface area (Å²) in [5.41, 5.74) is 0. The van der Waals surface area contributed by atoms with Gasteiger partial charge in [-0.3, -0.25) is 9.35 Å². The summed E-state index contributed by atoms with van der Waals surface area (Å²) >= 11 is 0. The molecule has 0 saturated heterocycles. The van der Waals surface area contributed by atoms with Crippen LogP contribution in [0.25, 0.3) is 0 Å². The summed E-state index contributed by atoms with van der Waals surface area (Å²) in [6.45, 7) is 5.53. The van der Waals surface area contributed by atoms with Gasteiger partial charge in [-0.15, -0.1) is 0 Å². The molecule has 0 heterocycles. The van der Waals surface area contributed by atoms with Crippen molar-refractivity contribution in [3.8, 4) is 0 Å². The summed E-state index contributed by atoms with van der Waals surface area (Å²) in [6.07, 6.45) is 19.8. The Kier molecular flexibility index (Phi) is 16.7. The quantitative estimate of drug-likeness (QED) is 0.163. The van der Waals surface area contributed by atoms with Crippen molar-refractivity contribution in [3.63, 3.8) is 0 Å². The molecule has 0 aromatic carbocycles. The van der Waals surface area contributed by atoms with Gasteiger partial charge in [0.25, 0.3) is 10.1 Å². The van der Waals surface area contributed by atoms with E-state index in [1.807, 2.05) is 0 Å². The molecule has 0 fully saturated rings. The lowest BCUT2D eigenvalue weighted by Crippen LogP contribution is -2.39. The normalized spacial score (nSPS) is 12.7. The minimum Gasteiger partial charge on any atom is -0.334 e. The molecule has 6 heteroatoms. The van der Waals surface area contributed by atoms with E-state index < -0.39 is 21.4 Å². The number of nitrogens with one attached hydrogen (secondary N) is 1. The topological polar surface area (TPSA) is 83.5 Å². The van der Waals surface area contributed by atoms with Crippen molar-refractivity contribution in [1.29, 1.82) is 0 Å². The van der Waals surface area contributed by atoms with E-state index >= 15 is 0 Å². The van der Waals surface area contributed by atoms with Crippen molar-refractivity contribution in [2.45, 2.75) is 115 Å². The second-order valence-corrected chi connectivity index (χ2v) is 9.05. The van der Waals surface area contributed by atoms with Gasteiger partial charge >= 0.3 is 0 Å². The summed E-state index contributed by atoms with van der Waals surface area (Å²) in [5, 5.41) is 1.03.